The van der Waals surface area contributed by atoms with Gasteiger partial charge in [-0.15, -0.1) is 0 Å². The predicted octanol–water partition coefficient (Wildman–Crippen LogP) is 7.63. The number of aromatic nitrogens is 2. The van der Waals surface area contributed by atoms with Crippen LogP contribution in [0.5, 0.6) is 5.75 Å². The van der Waals surface area contributed by atoms with Crippen LogP contribution >= 0.6 is 11.6 Å². The molecule has 1 atom stereocenters. The zero-order valence-corrected chi connectivity index (χ0v) is 21.6. The van der Waals surface area contributed by atoms with Crippen LogP contribution in [0.4, 0.5) is 0 Å². The number of methoxy groups -OCH3 is 1. The first-order valence-corrected chi connectivity index (χ1v) is 12.5. The highest BCUT2D eigenvalue weighted by Crippen LogP contribution is 2.37. The van der Waals surface area contributed by atoms with Crippen molar-refractivity contribution in [1.82, 2.24) is 9.97 Å². The lowest BCUT2D eigenvalue weighted by Crippen LogP contribution is -2.09. The van der Waals surface area contributed by atoms with E-state index in [-0.39, 0.29) is 23.7 Å². The van der Waals surface area contributed by atoms with Crippen LogP contribution in [0.2, 0.25) is 5.02 Å². The quantitative estimate of drug-likeness (QED) is 0.203. The summed E-state index contributed by atoms with van der Waals surface area (Å²) in [6, 6.07) is 25.3. The summed E-state index contributed by atoms with van der Waals surface area (Å²) in [5.41, 5.74) is 4.70. The largest absolute Gasteiger partial charge is 0.496 e. The van der Waals surface area contributed by atoms with E-state index in [1.807, 2.05) is 61.5 Å². The molecule has 0 unspecified atom stereocenters. The molecular formula is C31H25ClN2O4. The van der Waals surface area contributed by atoms with E-state index in [1.165, 1.54) is 6.07 Å². The number of hydrogen-bond donors (Lipinski definition) is 2. The molecule has 5 aromatic rings. The Balaban J connectivity index is 1.53. The number of nitrogens with one attached hydrogen (secondary N) is 1. The molecule has 0 spiro atoms. The smallest absolute Gasteiger partial charge is 0.336 e. The highest BCUT2D eigenvalue weighted by Gasteiger charge is 2.22. The number of benzene rings is 4. The number of para-hydroxylation sites is 3. The van der Waals surface area contributed by atoms with E-state index in [0.717, 1.165) is 16.6 Å². The van der Waals surface area contributed by atoms with Crippen molar-refractivity contribution in [2.75, 3.05) is 7.11 Å². The number of fused-ring (bicyclic) bond motifs is 1. The van der Waals surface area contributed by atoms with E-state index < -0.39 is 5.97 Å². The Labute approximate surface area is 224 Å². The average Bonchev–Trinajstić information content (AvgIpc) is 3.36. The Hall–Kier alpha value is -4.42. The maximum absolute atomic E-state index is 13.2. The van der Waals surface area contributed by atoms with Gasteiger partial charge in [-0.3, -0.25) is 4.79 Å². The first-order chi connectivity index (χ1) is 18.4. The van der Waals surface area contributed by atoms with Gasteiger partial charge in [0.2, 0.25) is 0 Å². The number of carboxylic acid groups (broad SMARTS) is 1. The first kappa shape index (κ1) is 25.2. The van der Waals surface area contributed by atoms with E-state index in [4.69, 9.17) is 16.3 Å². The molecule has 0 aliphatic carbocycles. The summed E-state index contributed by atoms with van der Waals surface area (Å²) in [4.78, 5) is 33.6. The minimum Gasteiger partial charge on any atom is -0.496 e. The number of Topliss-reactive ketones (excluding diaryl/α,β-unsaturated/α-hetero) is 1. The molecular weight excluding hydrogens is 500 g/mol. The number of hydrogen-bond acceptors (Lipinski definition) is 4. The standard InChI is InChI=1S/C31H25ClN2O4/c1-18(21-7-3-6-10-29(21)38-2)15-28(35)19-11-13-22(25(16-19)31(36)37)24-17-20(32)12-14-23(24)30-33-26-8-4-5-9-27(26)34-30/h3-14,16-18H,15H2,1-2H3,(H,33,34)(H,36,37)/t18-/m0/s1. The molecule has 0 bridgehead atoms. The number of nitrogens with zero attached hydrogens (tertiary/aromatic N) is 1. The number of carbonyl (C=O) groups is 2. The summed E-state index contributed by atoms with van der Waals surface area (Å²) in [5, 5.41) is 10.6. The highest BCUT2D eigenvalue weighted by atomic mass is 35.5. The summed E-state index contributed by atoms with van der Waals surface area (Å²) < 4.78 is 5.44. The number of ether oxygens (including phenoxy) is 1. The summed E-state index contributed by atoms with van der Waals surface area (Å²) in [6.45, 7) is 1.95. The van der Waals surface area contributed by atoms with E-state index in [0.29, 0.717) is 38.9 Å². The van der Waals surface area contributed by atoms with Gasteiger partial charge in [-0.05, 0) is 65.1 Å². The monoisotopic (exact) mass is 524 g/mol. The fourth-order valence-corrected chi connectivity index (χ4v) is 4.91. The molecule has 0 saturated carbocycles. The van der Waals surface area contributed by atoms with Gasteiger partial charge < -0.3 is 14.8 Å². The number of imidazole rings is 1. The van der Waals surface area contributed by atoms with Gasteiger partial charge in [0.25, 0.3) is 0 Å². The van der Waals surface area contributed by atoms with Crippen LogP contribution in [0, 0.1) is 0 Å². The van der Waals surface area contributed by atoms with Gasteiger partial charge in [-0.1, -0.05) is 61.0 Å². The summed E-state index contributed by atoms with van der Waals surface area (Å²) >= 11 is 6.34. The van der Waals surface area contributed by atoms with Crippen molar-refractivity contribution in [1.29, 1.82) is 0 Å². The molecule has 6 nitrogen and oxygen atoms in total. The molecule has 7 heteroatoms. The first-order valence-electron chi connectivity index (χ1n) is 12.1. The molecule has 5 rings (SSSR count). The van der Waals surface area contributed by atoms with E-state index in [9.17, 15) is 14.7 Å². The van der Waals surface area contributed by atoms with E-state index in [1.54, 1.807) is 31.4 Å². The number of H-pyrrole nitrogens is 1. The zero-order valence-electron chi connectivity index (χ0n) is 20.9. The van der Waals surface area contributed by atoms with Crippen LogP contribution in [0.15, 0.2) is 84.9 Å². The average molecular weight is 525 g/mol. The second-order valence-electron chi connectivity index (χ2n) is 9.13. The second kappa shape index (κ2) is 10.5. The lowest BCUT2D eigenvalue weighted by Gasteiger charge is -2.16. The van der Waals surface area contributed by atoms with Gasteiger partial charge in [0.05, 0.1) is 23.7 Å². The van der Waals surface area contributed by atoms with Crippen molar-refractivity contribution in [3.05, 3.63) is 107 Å². The number of rotatable bonds is 8. The Morgan fingerprint density at radius 3 is 2.45 bits per heavy atom. The number of ketones is 1. The van der Waals surface area contributed by atoms with E-state index >= 15 is 0 Å². The molecule has 2 N–H and O–H groups in total. The number of aromatic amines is 1. The van der Waals surface area contributed by atoms with Crippen molar-refractivity contribution in [2.45, 2.75) is 19.3 Å². The third-order valence-corrected chi connectivity index (χ3v) is 6.88. The third kappa shape index (κ3) is 4.91. The van der Waals surface area contributed by atoms with Gasteiger partial charge in [0, 0.05) is 22.6 Å². The molecule has 0 amide bonds. The van der Waals surface area contributed by atoms with Gasteiger partial charge >= 0.3 is 5.97 Å². The maximum Gasteiger partial charge on any atom is 0.336 e. The summed E-state index contributed by atoms with van der Waals surface area (Å²) in [5.74, 6) is -0.0864. The minimum atomic E-state index is -1.14. The van der Waals surface area contributed by atoms with Crippen molar-refractivity contribution in [2.24, 2.45) is 0 Å². The highest BCUT2D eigenvalue weighted by molar-refractivity contribution is 6.31. The zero-order chi connectivity index (χ0) is 26.8. The number of aromatic carboxylic acids is 1. The van der Waals surface area contributed by atoms with Crippen LogP contribution in [0.1, 0.15) is 45.5 Å². The lowest BCUT2D eigenvalue weighted by molar-refractivity contribution is 0.0697. The lowest BCUT2D eigenvalue weighted by atomic mass is 9.89. The fourth-order valence-electron chi connectivity index (χ4n) is 4.74. The van der Waals surface area contributed by atoms with Crippen molar-refractivity contribution < 1.29 is 19.4 Å². The fraction of sp³-hybridized carbons (Fsp3) is 0.129. The number of carbonyl (C=O) groups excluding carboxylic acids is 1. The molecule has 0 aliphatic rings. The van der Waals surface area contributed by atoms with Crippen LogP contribution < -0.4 is 4.74 Å². The van der Waals surface area contributed by atoms with Gasteiger partial charge in [-0.25, -0.2) is 9.78 Å². The molecule has 0 radical (unpaired) electrons. The van der Waals surface area contributed by atoms with Gasteiger partial charge in [0.1, 0.15) is 11.6 Å². The van der Waals surface area contributed by atoms with E-state index in [2.05, 4.69) is 9.97 Å². The van der Waals surface area contributed by atoms with Crippen LogP contribution in [-0.2, 0) is 0 Å². The van der Waals surface area contributed by atoms with Crippen LogP contribution in [0.25, 0.3) is 33.5 Å². The topological polar surface area (TPSA) is 92.3 Å². The van der Waals surface area contributed by atoms with Crippen LogP contribution in [-0.4, -0.2) is 33.9 Å². The molecule has 0 aliphatic heterocycles. The molecule has 1 aromatic heterocycles. The van der Waals surface area contributed by atoms with Crippen LogP contribution in [0.3, 0.4) is 0 Å². The minimum absolute atomic E-state index is 0.0143. The Morgan fingerprint density at radius 1 is 0.947 bits per heavy atom. The molecule has 1 heterocycles. The molecule has 0 saturated heterocycles. The van der Waals surface area contributed by atoms with Crippen molar-refractivity contribution >= 4 is 34.4 Å². The van der Waals surface area contributed by atoms with Gasteiger partial charge in [-0.2, -0.15) is 0 Å². The SMILES string of the molecule is COc1ccccc1[C@@H](C)CC(=O)c1ccc(-c2cc(Cl)ccc2-c2nc3ccccc3[nH]2)c(C(=O)O)c1. The summed E-state index contributed by atoms with van der Waals surface area (Å²) in [6.07, 6.45) is 0.209. The molecule has 190 valence electrons. The Morgan fingerprint density at radius 2 is 1.68 bits per heavy atom. The Bertz CT molecular complexity index is 1640. The third-order valence-electron chi connectivity index (χ3n) is 6.65. The van der Waals surface area contributed by atoms with Gasteiger partial charge in [0.15, 0.2) is 5.78 Å². The number of carboxylic acids is 1. The Kier molecular flexibility index (Phi) is 6.99. The van der Waals surface area contributed by atoms with Crippen molar-refractivity contribution in [3.63, 3.8) is 0 Å². The van der Waals surface area contributed by atoms with Crippen molar-refractivity contribution in [3.8, 4) is 28.3 Å². The summed E-state index contributed by atoms with van der Waals surface area (Å²) in [7, 11) is 1.60. The second-order valence-corrected chi connectivity index (χ2v) is 9.56. The maximum atomic E-state index is 13.2. The molecule has 4 aromatic carbocycles. The normalized spacial score (nSPS) is 11.9. The molecule has 0 fully saturated rings. The molecule has 38 heavy (non-hydrogen) atoms. The predicted molar refractivity (Wildman–Crippen MR) is 149 cm³/mol. The number of halogens is 1.